The number of fused-ring (bicyclic) bond motifs is 1. The van der Waals surface area contributed by atoms with Crippen LogP contribution in [0.2, 0.25) is 0 Å². The molecule has 2 fully saturated rings. The Morgan fingerprint density at radius 3 is 2.71 bits per heavy atom. The molecular weight excluding hydrogens is 580 g/mol. The molecule has 4 N–H and O–H groups in total. The number of hydrogen-bond donors (Lipinski definition) is 3. The Kier molecular flexibility index (Phi) is 9.12. The summed E-state index contributed by atoms with van der Waals surface area (Å²) < 4.78 is 7.90. The fraction of sp³-hybridized carbons (Fsp3) is 0.429. The normalized spacial score (nSPS) is 20.5. The predicted molar refractivity (Wildman–Crippen MR) is 156 cm³/mol. The maximum absolute atomic E-state index is 13.3. The molecule has 222 valence electrons. The molecule has 2 aromatic heterocycles. The van der Waals surface area contributed by atoms with Crippen LogP contribution in [0.5, 0.6) is 0 Å². The lowest BCUT2D eigenvalue weighted by molar-refractivity contribution is -0.687. The minimum Gasteiger partial charge on any atom is -0.492 e. The topological polar surface area (TPSA) is 160 Å². The lowest BCUT2D eigenvalue weighted by Crippen LogP contribution is -2.73. The number of carboxylic acid groups (broad SMARTS) is 1. The Hall–Kier alpha value is -3.91. The first kappa shape index (κ1) is 29.6. The lowest BCUT2D eigenvalue weighted by atomic mass is 9.92. The van der Waals surface area contributed by atoms with E-state index < -0.39 is 29.9 Å². The molecule has 2 aliphatic heterocycles. The van der Waals surface area contributed by atoms with E-state index in [1.165, 1.54) is 28.4 Å². The second-order valence-electron chi connectivity index (χ2n) is 10.4. The van der Waals surface area contributed by atoms with Gasteiger partial charge in [-0.3, -0.25) is 14.5 Å². The molecule has 0 radical (unpaired) electrons. The van der Waals surface area contributed by atoms with Gasteiger partial charge in [0.15, 0.2) is 35.5 Å². The zero-order valence-corrected chi connectivity index (χ0v) is 25.0. The van der Waals surface area contributed by atoms with E-state index in [4.69, 9.17) is 15.3 Å². The van der Waals surface area contributed by atoms with E-state index in [0.717, 1.165) is 48.5 Å². The van der Waals surface area contributed by atoms with Crippen molar-refractivity contribution in [3.8, 4) is 0 Å². The van der Waals surface area contributed by atoms with Crippen LogP contribution in [0, 0.1) is 0 Å². The molecular formula is C28H33N6O6S2+. The largest absolute Gasteiger partial charge is 0.492 e. The smallest absolute Gasteiger partial charge is 0.356 e. The number of oxime groups is 1. The summed E-state index contributed by atoms with van der Waals surface area (Å²) in [7, 11) is 0. The van der Waals surface area contributed by atoms with Crippen LogP contribution in [-0.4, -0.2) is 69.0 Å². The molecule has 14 heteroatoms. The molecule has 0 spiro atoms. The summed E-state index contributed by atoms with van der Waals surface area (Å²) in [6.45, 7) is 4.90. The van der Waals surface area contributed by atoms with E-state index in [0.29, 0.717) is 4.88 Å². The molecule has 1 saturated heterocycles. The number of ether oxygens (including phenoxy) is 1. The van der Waals surface area contributed by atoms with Crippen molar-refractivity contribution in [3.63, 3.8) is 0 Å². The Balaban J connectivity index is 1.26. The Labute approximate surface area is 251 Å². The fourth-order valence-electron chi connectivity index (χ4n) is 4.89. The molecule has 12 nitrogen and oxygen atoms in total. The Bertz CT molecular complexity index is 1440. The SMILES string of the molecule is CC(C)=CC[n+]1ccc(SCC2=C(C(=O)O)N3C(=O)[C@@H](NC(=O)C(=NOC4CCCC4)c4cnc(N)s4)[C@H]3CO2)cc1. The summed E-state index contributed by atoms with van der Waals surface area (Å²) in [6, 6.07) is 2.25. The highest BCUT2D eigenvalue weighted by atomic mass is 32.2. The van der Waals surface area contributed by atoms with E-state index in [1.807, 2.05) is 42.9 Å². The van der Waals surface area contributed by atoms with Gasteiger partial charge in [-0.25, -0.2) is 14.3 Å². The molecule has 1 saturated carbocycles. The van der Waals surface area contributed by atoms with E-state index in [9.17, 15) is 19.5 Å². The number of nitrogens with two attached hydrogens (primary N) is 1. The van der Waals surface area contributed by atoms with E-state index in [1.54, 1.807) is 0 Å². The van der Waals surface area contributed by atoms with Gasteiger partial charge in [0.2, 0.25) is 0 Å². The molecule has 1 aliphatic carbocycles. The van der Waals surface area contributed by atoms with Crippen molar-refractivity contribution in [2.75, 3.05) is 18.1 Å². The number of carbonyl (C=O) groups is 3. The van der Waals surface area contributed by atoms with Crippen molar-refractivity contribution in [2.45, 2.75) is 69.2 Å². The van der Waals surface area contributed by atoms with Gasteiger partial charge in [-0.2, -0.15) is 0 Å². The van der Waals surface area contributed by atoms with Crippen molar-refractivity contribution in [1.29, 1.82) is 0 Å². The number of carbonyl (C=O) groups excluding carboxylic acids is 2. The number of nitrogens with zero attached hydrogens (tertiary/aromatic N) is 4. The number of amides is 2. The van der Waals surface area contributed by atoms with Gasteiger partial charge >= 0.3 is 5.97 Å². The number of anilines is 1. The van der Waals surface area contributed by atoms with Crippen LogP contribution >= 0.6 is 23.1 Å². The maximum Gasteiger partial charge on any atom is 0.356 e. The van der Waals surface area contributed by atoms with Crippen LogP contribution < -0.4 is 15.6 Å². The molecule has 5 rings (SSSR count). The maximum atomic E-state index is 13.3. The van der Waals surface area contributed by atoms with Gasteiger partial charge in [0.25, 0.3) is 11.8 Å². The van der Waals surface area contributed by atoms with Crippen LogP contribution in [0.15, 0.2) is 63.9 Å². The van der Waals surface area contributed by atoms with Crippen molar-refractivity contribution in [2.24, 2.45) is 5.16 Å². The van der Waals surface area contributed by atoms with E-state index in [2.05, 4.69) is 21.5 Å². The minimum atomic E-state index is -1.27. The molecule has 42 heavy (non-hydrogen) atoms. The van der Waals surface area contributed by atoms with Gasteiger partial charge in [0.1, 0.15) is 30.6 Å². The third-order valence-electron chi connectivity index (χ3n) is 7.15. The van der Waals surface area contributed by atoms with Gasteiger partial charge in [-0.05, 0) is 45.6 Å². The quantitative estimate of drug-likeness (QED) is 0.0864. The average molecular weight is 614 g/mol. The molecule has 4 heterocycles. The number of β-lactam (4-membered cyclic amide) rings is 1. The number of aromatic nitrogens is 2. The second kappa shape index (κ2) is 12.9. The zero-order valence-electron chi connectivity index (χ0n) is 23.3. The predicted octanol–water partition coefficient (Wildman–Crippen LogP) is 2.46. The van der Waals surface area contributed by atoms with Crippen LogP contribution in [0.4, 0.5) is 5.13 Å². The number of pyridine rings is 1. The van der Waals surface area contributed by atoms with Gasteiger partial charge < -0.3 is 25.7 Å². The number of nitrogen functional groups attached to an aromatic ring is 1. The second-order valence-corrected chi connectivity index (χ2v) is 12.5. The highest BCUT2D eigenvalue weighted by molar-refractivity contribution is 7.99. The summed E-state index contributed by atoms with van der Waals surface area (Å²) in [5.41, 5.74) is 6.76. The van der Waals surface area contributed by atoms with Gasteiger partial charge in [0.05, 0.1) is 10.6 Å². The third-order valence-corrected chi connectivity index (χ3v) is 9.00. The molecule has 3 aliphatic rings. The van der Waals surface area contributed by atoms with Gasteiger partial charge in [-0.1, -0.05) is 22.1 Å². The monoisotopic (exact) mass is 613 g/mol. The Morgan fingerprint density at radius 1 is 1.33 bits per heavy atom. The number of thioether (sulfide) groups is 1. The first-order valence-corrected chi connectivity index (χ1v) is 15.5. The summed E-state index contributed by atoms with van der Waals surface area (Å²) in [4.78, 5) is 50.9. The van der Waals surface area contributed by atoms with Crippen molar-refractivity contribution in [3.05, 3.63) is 58.7 Å². The standard InChI is InChI=1S/C28H32N6O6S2/c1-16(2)7-10-33-11-8-18(9-12-33)41-15-20-24(27(37)38)34-19(14-39-20)22(26(34)36)31-25(35)23(21-13-30-28(29)42-21)32-40-17-5-3-4-6-17/h7-9,11-13,17,19,22H,3-6,10,14-15H2,1-2H3,(H3-,29,30,31,32,35,37,38)/p+1/t19-,22+/m1/s1. The van der Waals surface area contributed by atoms with Crippen molar-refractivity contribution in [1.82, 2.24) is 15.2 Å². The number of aliphatic carboxylic acids is 1. The average Bonchev–Trinajstić information content (AvgIpc) is 3.65. The Morgan fingerprint density at radius 2 is 2.07 bits per heavy atom. The highest BCUT2D eigenvalue weighted by Gasteiger charge is 2.55. The number of thiazole rings is 1. The summed E-state index contributed by atoms with van der Waals surface area (Å²) >= 11 is 2.49. The number of allylic oxidation sites excluding steroid dienone is 2. The number of carboxylic acids is 1. The van der Waals surface area contributed by atoms with Crippen LogP contribution in [0.3, 0.4) is 0 Å². The van der Waals surface area contributed by atoms with Crippen LogP contribution in [0.25, 0.3) is 0 Å². The molecule has 0 unspecified atom stereocenters. The van der Waals surface area contributed by atoms with Crippen molar-refractivity contribution < 1.29 is 33.6 Å². The van der Waals surface area contributed by atoms with Gasteiger partial charge in [0, 0.05) is 23.2 Å². The molecule has 2 atom stereocenters. The highest BCUT2D eigenvalue weighted by Crippen LogP contribution is 2.35. The van der Waals surface area contributed by atoms with Crippen molar-refractivity contribution >= 4 is 51.7 Å². The fourth-order valence-corrected chi connectivity index (χ4v) is 6.39. The molecule has 2 amide bonds. The van der Waals surface area contributed by atoms with Crippen LogP contribution in [0.1, 0.15) is 44.4 Å². The minimum absolute atomic E-state index is 0.0322. The molecule has 0 aromatic carbocycles. The summed E-state index contributed by atoms with van der Waals surface area (Å²) in [5.74, 6) is -2.00. The van der Waals surface area contributed by atoms with E-state index >= 15 is 0 Å². The molecule has 2 aromatic rings. The lowest BCUT2D eigenvalue weighted by Gasteiger charge is -2.49. The first-order valence-electron chi connectivity index (χ1n) is 13.6. The summed E-state index contributed by atoms with van der Waals surface area (Å²) in [5, 5.41) is 17.0. The molecule has 0 bridgehead atoms. The first-order chi connectivity index (χ1) is 20.2. The van der Waals surface area contributed by atoms with Gasteiger partial charge in [-0.15, -0.1) is 11.8 Å². The van der Waals surface area contributed by atoms with E-state index in [-0.39, 0.29) is 40.8 Å². The summed E-state index contributed by atoms with van der Waals surface area (Å²) in [6.07, 6.45) is 11.1. The number of hydrogen-bond acceptors (Lipinski definition) is 10. The zero-order chi connectivity index (χ0) is 29.8. The third kappa shape index (κ3) is 6.59. The number of rotatable bonds is 11. The van der Waals surface area contributed by atoms with Crippen LogP contribution in [-0.2, 0) is 30.5 Å². The number of nitrogens with one attached hydrogen (secondary N) is 1.